The monoisotopic (exact) mass is 467 g/mol. The fourth-order valence-electron chi connectivity index (χ4n) is 3.74. The summed E-state index contributed by atoms with van der Waals surface area (Å²) in [6.07, 6.45) is -4.63. The number of aromatic nitrogens is 3. The number of amides is 1. The van der Waals surface area contributed by atoms with Crippen molar-refractivity contribution in [2.75, 3.05) is 0 Å². The average molecular weight is 467 g/mol. The van der Waals surface area contributed by atoms with E-state index in [-0.39, 0.29) is 17.5 Å². The summed E-state index contributed by atoms with van der Waals surface area (Å²) in [5, 5.41) is 4.93. The van der Waals surface area contributed by atoms with Gasteiger partial charge in [0.25, 0.3) is 0 Å². The maximum absolute atomic E-state index is 13.5. The van der Waals surface area contributed by atoms with Crippen LogP contribution in [0, 0.1) is 0 Å². The highest BCUT2D eigenvalue weighted by molar-refractivity contribution is 5.93. The van der Waals surface area contributed by atoms with Gasteiger partial charge in [-0.2, -0.15) is 31.4 Å². The second kappa shape index (κ2) is 8.05. The Labute approximate surface area is 183 Å². The van der Waals surface area contributed by atoms with Crippen LogP contribution < -0.4 is 10.00 Å². The lowest BCUT2D eigenvalue weighted by Crippen LogP contribution is -2.29. The molecule has 172 valence electrons. The number of rotatable bonds is 4. The third-order valence-corrected chi connectivity index (χ3v) is 5.17. The van der Waals surface area contributed by atoms with E-state index in [1.807, 2.05) is 0 Å². The molecule has 2 N–H and O–H groups in total. The molecule has 1 amide bonds. The van der Waals surface area contributed by atoms with Gasteiger partial charge >= 0.3 is 12.4 Å². The van der Waals surface area contributed by atoms with Gasteiger partial charge in [0.15, 0.2) is 12.7 Å². The predicted octanol–water partition coefficient (Wildman–Crippen LogP) is 4.19. The molecular formula is C22H17F6N4O+. The molecule has 0 bridgehead atoms. The molecule has 2 aromatic heterocycles. The highest BCUT2D eigenvalue weighted by Crippen LogP contribution is 2.40. The first-order valence-corrected chi connectivity index (χ1v) is 9.74. The average Bonchev–Trinajstić information content (AvgIpc) is 3.31. The highest BCUT2D eigenvalue weighted by Gasteiger charge is 2.40. The van der Waals surface area contributed by atoms with Crippen LogP contribution in [0.25, 0.3) is 16.8 Å². The molecule has 11 heteroatoms. The van der Waals surface area contributed by atoms with Gasteiger partial charge in [0.1, 0.15) is 0 Å². The summed E-state index contributed by atoms with van der Waals surface area (Å²) in [5.74, 6) is -0.515. The van der Waals surface area contributed by atoms with Crippen molar-refractivity contribution in [2.24, 2.45) is 7.05 Å². The van der Waals surface area contributed by atoms with Crippen molar-refractivity contribution in [2.45, 2.75) is 25.2 Å². The highest BCUT2D eigenvalue weighted by atomic mass is 19.4. The largest absolute Gasteiger partial charge is 0.437 e. The van der Waals surface area contributed by atoms with Crippen LogP contribution in [-0.4, -0.2) is 16.0 Å². The number of fused-ring (bicyclic) bond motifs is 1. The predicted molar refractivity (Wildman–Crippen MR) is 105 cm³/mol. The lowest BCUT2D eigenvalue weighted by atomic mass is 9.99. The van der Waals surface area contributed by atoms with Crippen LogP contribution in [0.15, 0.2) is 48.8 Å². The van der Waals surface area contributed by atoms with E-state index < -0.39 is 29.5 Å². The van der Waals surface area contributed by atoms with E-state index in [9.17, 15) is 31.1 Å². The van der Waals surface area contributed by atoms with E-state index in [4.69, 9.17) is 0 Å². The molecule has 5 nitrogen and oxygen atoms in total. The minimum atomic E-state index is -4.62. The van der Waals surface area contributed by atoms with Gasteiger partial charge in [-0.1, -0.05) is 18.2 Å². The Morgan fingerprint density at radius 3 is 2.39 bits per heavy atom. The molecule has 1 aromatic carbocycles. The Morgan fingerprint density at radius 1 is 1.06 bits per heavy atom. The molecule has 0 saturated heterocycles. The Morgan fingerprint density at radius 2 is 1.76 bits per heavy atom. The summed E-state index contributed by atoms with van der Waals surface area (Å²) in [7, 11) is 1.43. The van der Waals surface area contributed by atoms with Crippen LogP contribution >= 0.6 is 0 Å². The number of hydrogen-bond acceptors (Lipinski definition) is 2. The number of aryl methyl sites for hydroxylation is 1. The summed E-state index contributed by atoms with van der Waals surface area (Å²) in [6.45, 7) is 0. The van der Waals surface area contributed by atoms with Crippen LogP contribution in [0.5, 0.6) is 0 Å². The first-order chi connectivity index (χ1) is 15.4. The van der Waals surface area contributed by atoms with Crippen LogP contribution in [0.2, 0.25) is 0 Å². The molecular weight excluding hydrogens is 450 g/mol. The van der Waals surface area contributed by atoms with Gasteiger partial charge < -0.3 is 5.32 Å². The van der Waals surface area contributed by atoms with Crippen molar-refractivity contribution in [1.29, 1.82) is 0 Å². The molecule has 2 heterocycles. The molecule has 1 aliphatic rings. The fourth-order valence-corrected chi connectivity index (χ4v) is 3.74. The number of alkyl halides is 6. The van der Waals surface area contributed by atoms with E-state index in [0.717, 1.165) is 12.1 Å². The number of aromatic amines is 1. The Hall–Kier alpha value is -3.63. The van der Waals surface area contributed by atoms with Gasteiger partial charge in [-0.15, -0.1) is 4.68 Å². The quantitative estimate of drug-likeness (QED) is 0.447. The zero-order valence-corrected chi connectivity index (χ0v) is 17.1. The van der Waals surface area contributed by atoms with Gasteiger partial charge in [-0.3, -0.25) is 9.78 Å². The topological polar surface area (TPSA) is 61.7 Å². The first kappa shape index (κ1) is 22.6. The molecule has 0 aliphatic heterocycles. The van der Waals surface area contributed by atoms with Crippen molar-refractivity contribution in [3.05, 3.63) is 76.9 Å². The van der Waals surface area contributed by atoms with E-state index in [2.05, 4.69) is 15.4 Å². The van der Waals surface area contributed by atoms with Crippen LogP contribution in [0.3, 0.4) is 0 Å². The van der Waals surface area contributed by atoms with Crippen molar-refractivity contribution in [1.82, 2.24) is 15.4 Å². The van der Waals surface area contributed by atoms with Crippen molar-refractivity contribution in [3.63, 3.8) is 0 Å². The van der Waals surface area contributed by atoms with Gasteiger partial charge in [-0.25, -0.2) is 0 Å². The number of benzene rings is 1. The summed E-state index contributed by atoms with van der Waals surface area (Å²) in [5.41, 5.74) is -0.0331. The standard InChI is InChI=1S/C22H16F6N4O/c1-32-11-15(20(31-32)22(26,27)28)14-8-9-29-16-6-7-17(19(14)16)30-18(33)10-12-2-4-13(5-3-12)21(23,24)25/h2-5,7-9,11H,6,10H2,1H3,(H,30,33)/p+1. The van der Waals surface area contributed by atoms with Gasteiger partial charge in [0.05, 0.1) is 23.2 Å². The molecule has 0 fully saturated rings. The summed E-state index contributed by atoms with van der Waals surface area (Å²) in [6, 6.07) is 5.64. The van der Waals surface area contributed by atoms with E-state index >= 15 is 0 Å². The molecule has 0 atom stereocenters. The summed E-state index contributed by atoms with van der Waals surface area (Å²) in [4.78, 5) is 16.8. The number of carbonyl (C=O) groups excluding carboxylic acids is 1. The van der Waals surface area contributed by atoms with Crippen LogP contribution in [0.4, 0.5) is 26.3 Å². The minimum absolute atomic E-state index is 0.0894. The zero-order chi connectivity index (χ0) is 24.0. The second-order valence-electron chi connectivity index (χ2n) is 7.56. The molecule has 0 radical (unpaired) electrons. The van der Waals surface area contributed by atoms with Crippen LogP contribution in [-0.2, 0) is 37.0 Å². The number of halogens is 6. The Kier molecular flexibility index (Phi) is 5.51. The van der Waals surface area contributed by atoms with E-state index in [0.29, 0.717) is 28.9 Å². The SMILES string of the molecule is C[n+]1cc(-c2ccnc3c2C(NC(=O)Cc2ccc(C(F)(F)F)cc2)=CC3)c(C(F)(F)F)[nH]1. The minimum Gasteiger partial charge on any atom is -0.325 e. The van der Waals surface area contributed by atoms with Gasteiger partial charge in [0, 0.05) is 29.4 Å². The number of pyridine rings is 1. The maximum atomic E-state index is 13.5. The van der Waals surface area contributed by atoms with E-state index in [1.54, 1.807) is 6.08 Å². The number of nitrogens with zero attached hydrogens (tertiary/aromatic N) is 2. The number of allylic oxidation sites excluding steroid dienone is 1. The fraction of sp³-hybridized carbons (Fsp3) is 0.227. The first-order valence-electron chi connectivity index (χ1n) is 9.74. The lowest BCUT2D eigenvalue weighted by molar-refractivity contribution is -0.727. The molecule has 3 aromatic rings. The molecule has 0 saturated carbocycles. The zero-order valence-electron chi connectivity index (χ0n) is 17.1. The normalized spacial score (nSPS) is 13.6. The smallest absolute Gasteiger partial charge is 0.325 e. The Bertz CT molecular complexity index is 1240. The maximum Gasteiger partial charge on any atom is 0.437 e. The molecule has 1 aliphatic carbocycles. The molecule has 0 unspecified atom stereocenters. The third kappa shape index (κ3) is 4.62. The molecule has 4 rings (SSSR count). The van der Waals surface area contributed by atoms with Crippen molar-refractivity contribution < 1.29 is 35.8 Å². The second-order valence-corrected chi connectivity index (χ2v) is 7.56. The Balaban J connectivity index is 1.59. The summed E-state index contributed by atoms with van der Waals surface area (Å²) >= 11 is 0. The van der Waals surface area contributed by atoms with Crippen molar-refractivity contribution in [3.8, 4) is 11.1 Å². The lowest BCUT2D eigenvalue weighted by Gasteiger charge is -2.13. The summed E-state index contributed by atoms with van der Waals surface area (Å²) < 4.78 is 79.9. The number of carbonyl (C=O) groups is 1. The number of nitrogens with one attached hydrogen (secondary N) is 2. The van der Waals surface area contributed by atoms with Gasteiger partial charge in [-0.05, 0) is 23.8 Å². The van der Waals surface area contributed by atoms with Crippen LogP contribution in [0.1, 0.15) is 28.1 Å². The van der Waals surface area contributed by atoms with Gasteiger partial charge in [0.2, 0.25) is 12.1 Å². The number of hydrogen-bond donors (Lipinski definition) is 2. The molecule has 0 spiro atoms. The molecule has 33 heavy (non-hydrogen) atoms. The number of H-pyrrole nitrogens is 1. The third-order valence-electron chi connectivity index (χ3n) is 5.17. The van der Waals surface area contributed by atoms with E-state index in [1.165, 1.54) is 42.3 Å². The van der Waals surface area contributed by atoms with Crippen molar-refractivity contribution >= 4 is 11.6 Å².